The Bertz CT molecular complexity index is 824. The van der Waals surface area contributed by atoms with E-state index in [1.54, 1.807) is 31.2 Å². The van der Waals surface area contributed by atoms with Crippen LogP contribution in [0.1, 0.15) is 25.0 Å². The highest BCUT2D eigenvalue weighted by Gasteiger charge is 2.49. The summed E-state index contributed by atoms with van der Waals surface area (Å²) in [5, 5.41) is 3.21. The number of para-hydroxylation sites is 1. The number of benzene rings is 2. The van der Waals surface area contributed by atoms with Gasteiger partial charge in [-0.25, -0.2) is 4.79 Å². The molecule has 1 aliphatic rings. The van der Waals surface area contributed by atoms with Crippen molar-refractivity contribution in [2.75, 3.05) is 6.61 Å². The Morgan fingerprint density at radius 3 is 2.52 bits per heavy atom. The Morgan fingerprint density at radius 2 is 1.80 bits per heavy atom. The van der Waals surface area contributed by atoms with Crippen molar-refractivity contribution in [2.45, 2.75) is 25.9 Å². The summed E-state index contributed by atoms with van der Waals surface area (Å²) in [6.45, 7) is 4.21. The maximum absolute atomic E-state index is 13.0. The van der Waals surface area contributed by atoms with Gasteiger partial charge < -0.3 is 10.1 Å². The molecule has 130 valence electrons. The lowest BCUT2D eigenvalue weighted by Crippen LogP contribution is -2.41. The van der Waals surface area contributed by atoms with Crippen molar-refractivity contribution in [3.63, 3.8) is 0 Å². The fraction of sp³-hybridized carbons (Fsp3) is 0.263. The summed E-state index contributed by atoms with van der Waals surface area (Å²) in [7, 11) is 0. The van der Waals surface area contributed by atoms with Gasteiger partial charge in [0.15, 0.2) is 0 Å². The van der Waals surface area contributed by atoms with E-state index < -0.39 is 11.6 Å². The lowest BCUT2D eigenvalue weighted by atomic mass is 9.92. The van der Waals surface area contributed by atoms with Crippen LogP contribution in [-0.2, 0) is 16.9 Å². The Hall–Kier alpha value is -2.53. The number of nitrogens with one attached hydrogen (secondary N) is 1. The van der Waals surface area contributed by atoms with Gasteiger partial charge in [-0.2, -0.15) is 0 Å². The molecular formula is C19H19ClN2O3. The predicted molar refractivity (Wildman–Crippen MR) is 95.5 cm³/mol. The molecule has 0 spiro atoms. The van der Waals surface area contributed by atoms with Gasteiger partial charge in [-0.3, -0.25) is 9.69 Å². The minimum atomic E-state index is -1.18. The van der Waals surface area contributed by atoms with Crippen molar-refractivity contribution >= 4 is 23.5 Å². The maximum atomic E-state index is 13.0. The van der Waals surface area contributed by atoms with Crippen molar-refractivity contribution in [2.24, 2.45) is 0 Å². The minimum absolute atomic E-state index is 0.140. The first-order valence-corrected chi connectivity index (χ1v) is 8.45. The number of hydrogen-bond donors (Lipinski definition) is 1. The fourth-order valence-corrected chi connectivity index (χ4v) is 3.32. The lowest BCUT2D eigenvalue weighted by molar-refractivity contribution is -0.131. The summed E-state index contributed by atoms with van der Waals surface area (Å²) >= 11 is 6.24. The third-order valence-electron chi connectivity index (χ3n) is 4.29. The largest absolute Gasteiger partial charge is 0.494 e. The molecule has 2 aromatic rings. The number of hydrogen-bond acceptors (Lipinski definition) is 3. The van der Waals surface area contributed by atoms with Crippen molar-refractivity contribution in [3.05, 3.63) is 64.7 Å². The number of ether oxygens (including phenoxy) is 1. The number of carbonyl (C=O) groups is 2. The molecule has 1 fully saturated rings. The molecule has 3 rings (SSSR count). The number of urea groups is 1. The molecule has 0 aromatic heterocycles. The summed E-state index contributed by atoms with van der Waals surface area (Å²) in [4.78, 5) is 26.7. The number of imide groups is 1. The van der Waals surface area contributed by atoms with Crippen LogP contribution in [0.5, 0.6) is 5.75 Å². The van der Waals surface area contributed by atoms with E-state index in [2.05, 4.69) is 5.32 Å². The monoisotopic (exact) mass is 358 g/mol. The Labute approximate surface area is 151 Å². The van der Waals surface area contributed by atoms with Crippen LogP contribution >= 0.6 is 11.6 Å². The highest BCUT2D eigenvalue weighted by atomic mass is 35.5. The number of nitrogens with zero attached hydrogens (tertiary/aromatic N) is 1. The molecule has 2 aromatic carbocycles. The number of amides is 3. The topological polar surface area (TPSA) is 58.6 Å². The first-order valence-electron chi connectivity index (χ1n) is 8.07. The quantitative estimate of drug-likeness (QED) is 0.829. The van der Waals surface area contributed by atoms with Gasteiger partial charge in [-0.15, -0.1) is 0 Å². The molecule has 0 radical (unpaired) electrons. The van der Waals surface area contributed by atoms with E-state index in [0.29, 0.717) is 22.9 Å². The molecule has 3 amide bonds. The summed E-state index contributed by atoms with van der Waals surface area (Å²) in [6, 6.07) is 14.0. The molecule has 1 N–H and O–H groups in total. The van der Waals surface area contributed by atoms with E-state index >= 15 is 0 Å². The van der Waals surface area contributed by atoms with Crippen molar-refractivity contribution in [1.82, 2.24) is 10.2 Å². The van der Waals surface area contributed by atoms with E-state index in [1.165, 1.54) is 4.90 Å². The average molecular weight is 359 g/mol. The SMILES string of the molecule is CCOc1ccccc1CN1C(=O)N[C@](C)(c2ccccc2Cl)C1=O. The fourth-order valence-electron chi connectivity index (χ4n) is 2.99. The number of rotatable bonds is 5. The molecular weight excluding hydrogens is 340 g/mol. The molecule has 6 heteroatoms. The zero-order chi connectivity index (χ0) is 18.0. The Morgan fingerprint density at radius 1 is 1.12 bits per heavy atom. The number of carbonyl (C=O) groups excluding carboxylic acids is 2. The molecule has 1 heterocycles. The van der Waals surface area contributed by atoms with Crippen LogP contribution in [0.4, 0.5) is 4.79 Å². The van der Waals surface area contributed by atoms with Gasteiger partial charge in [0.05, 0.1) is 13.2 Å². The van der Waals surface area contributed by atoms with Gasteiger partial charge in [-0.05, 0) is 26.0 Å². The van der Waals surface area contributed by atoms with Gasteiger partial charge in [0.2, 0.25) is 0 Å². The van der Waals surface area contributed by atoms with Crippen LogP contribution in [0.2, 0.25) is 5.02 Å². The summed E-state index contributed by atoms with van der Waals surface area (Å²) in [5.74, 6) is 0.328. The second-order valence-electron chi connectivity index (χ2n) is 5.97. The molecule has 0 bridgehead atoms. The molecule has 1 saturated heterocycles. The average Bonchev–Trinajstić information content (AvgIpc) is 2.81. The number of halogens is 1. The van der Waals surface area contributed by atoms with Gasteiger partial charge in [0.1, 0.15) is 11.3 Å². The predicted octanol–water partition coefficient (Wildman–Crippen LogP) is 3.71. The maximum Gasteiger partial charge on any atom is 0.325 e. The van der Waals surface area contributed by atoms with E-state index in [1.807, 2.05) is 31.2 Å². The van der Waals surface area contributed by atoms with Crippen LogP contribution < -0.4 is 10.1 Å². The molecule has 25 heavy (non-hydrogen) atoms. The minimum Gasteiger partial charge on any atom is -0.494 e. The van der Waals surface area contributed by atoms with Crippen molar-refractivity contribution in [3.8, 4) is 5.75 Å². The highest BCUT2D eigenvalue weighted by Crippen LogP contribution is 2.34. The standard InChI is InChI=1S/C19H19ClN2O3/c1-3-25-16-11-7-4-8-13(16)12-22-17(23)19(2,21-18(22)24)14-9-5-6-10-15(14)20/h4-11H,3,12H2,1-2H3,(H,21,24)/t19-/m1/s1. The molecule has 0 aliphatic carbocycles. The van der Waals surface area contributed by atoms with Crippen LogP contribution in [0.15, 0.2) is 48.5 Å². The summed E-state index contributed by atoms with van der Waals surface area (Å²) in [5.41, 5.74) is 0.169. The van der Waals surface area contributed by atoms with E-state index in [9.17, 15) is 9.59 Å². The van der Waals surface area contributed by atoms with Gasteiger partial charge in [0.25, 0.3) is 5.91 Å². The van der Waals surface area contributed by atoms with Gasteiger partial charge in [0, 0.05) is 16.1 Å². The van der Waals surface area contributed by atoms with Crippen molar-refractivity contribution < 1.29 is 14.3 Å². The zero-order valence-electron chi connectivity index (χ0n) is 14.1. The smallest absolute Gasteiger partial charge is 0.325 e. The summed E-state index contributed by atoms with van der Waals surface area (Å²) < 4.78 is 5.58. The van der Waals surface area contributed by atoms with Crippen LogP contribution in [0, 0.1) is 0 Å². The van der Waals surface area contributed by atoms with Crippen LogP contribution in [-0.4, -0.2) is 23.4 Å². The lowest BCUT2D eigenvalue weighted by Gasteiger charge is -2.23. The van der Waals surface area contributed by atoms with Crippen LogP contribution in [0.25, 0.3) is 0 Å². The molecule has 1 atom stereocenters. The van der Waals surface area contributed by atoms with Gasteiger partial charge in [-0.1, -0.05) is 48.0 Å². The summed E-state index contributed by atoms with van der Waals surface area (Å²) in [6.07, 6.45) is 0. The first-order chi connectivity index (χ1) is 12.0. The molecule has 5 nitrogen and oxygen atoms in total. The third-order valence-corrected chi connectivity index (χ3v) is 4.62. The third kappa shape index (κ3) is 3.07. The van der Waals surface area contributed by atoms with E-state index in [4.69, 9.17) is 16.3 Å². The highest BCUT2D eigenvalue weighted by molar-refractivity contribution is 6.32. The molecule has 0 unspecified atom stereocenters. The Balaban J connectivity index is 1.91. The van der Waals surface area contributed by atoms with E-state index in [-0.39, 0.29) is 12.5 Å². The van der Waals surface area contributed by atoms with E-state index in [0.717, 1.165) is 5.56 Å². The molecule has 0 saturated carbocycles. The zero-order valence-corrected chi connectivity index (χ0v) is 14.8. The first kappa shape index (κ1) is 17.3. The normalized spacial score (nSPS) is 19.9. The van der Waals surface area contributed by atoms with Crippen molar-refractivity contribution in [1.29, 1.82) is 0 Å². The Kier molecular flexibility index (Phi) is 4.68. The van der Waals surface area contributed by atoms with Crippen LogP contribution in [0.3, 0.4) is 0 Å². The second-order valence-corrected chi connectivity index (χ2v) is 6.37. The second kappa shape index (κ2) is 6.76. The molecule has 1 aliphatic heterocycles. The van der Waals surface area contributed by atoms with Gasteiger partial charge >= 0.3 is 6.03 Å².